The predicted octanol–water partition coefficient (Wildman–Crippen LogP) is 0.382. The van der Waals surface area contributed by atoms with Crippen LogP contribution in [0.1, 0.15) is 17.3 Å². The maximum absolute atomic E-state index is 11.8. The van der Waals surface area contributed by atoms with Crippen molar-refractivity contribution in [2.75, 3.05) is 19.6 Å². The molecule has 1 aromatic rings. The van der Waals surface area contributed by atoms with Crippen molar-refractivity contribution in [2.24, 2.45) is 5.73 Å². The molecule has 1 aromatic carbocycles. The topological polar surface area (TPSA) is 83.6 Å². The van der Waals surface area contributed by atoms with E-state index >= 15 is 0 Å². The minimum Gasteiger partial charge on any atom is -0.508 e. The van der Waals surface area contributed by atoms with E-state index in [4.69, 9.17) is 10.8 Å². The van der Waals surface area contributed by atoms with Crippen LogP contribution in [0.25, 0.3) is 0 Å². The number of ketones is 1. The Balaban J connectivity index is 2.64. The highest BCUT2D eigenvalue weighted by Crippen LogP contribution is 2.10. The summed E-state index contributed by atoms with van der Waals surface area (Å²) in [5, 5.41) is 9.10. The summed E-state index contributed by atoms with van der Waals surface area (Å²) in [4.78, 5) is 24.3. The van der Waals surface area contributed by atoms with E-state index < -0.39 is 5.91 Å². The number of primary amides is 1. The highest BCUT2D eigenvalue weighted by molar-refractivity contribution is 5.97. The summed E-state index contributed by atoms with van der Waals surface area (Å²) in [6.07, 6.45) is 0. The first kappa shape index (κ1) is 13.2. The third kappa shape index (κ3) is 4.24. The molecule has 3 N–H and O–H groups in total. The number of aromatic hydroxyl groups is 1. The smallest absolute Gasteiger partial charge is 0.231 e. The lowest BCUT2D eigenvalue weighted by atomic mass is 10.1. The molecule has 0 spiro atoms. The molecule has 0 bridgehead atoms. The Hall–Kier alpha value is -1.88. The maximum Gasteiger partial charge on any atom is 0.231 e. The Morgan fingerprint density at radius 1 is 1.24 bits per heavy atom. The number of phenols is 1. The molecule has 0 aliphatic carbocycles. The van der Waals surface area contributed by atoms with Crippen molar-refractivity contribution in [3.63, 3.8) is 0 Å². The van der Waals surface area contributed by atoms with Gasteiger partial charge in [-0.2, -0.15) is 0 Å². The monoisotopic (exact) mass is 236 g/mol. The summed E-state index contributed by atoms with van der Waals surface area (Å²) in [6.45, 7) is 2.64. The number of nitrogens with zero attached hydrogens (tertiary/aromatic N) is 1. The normalized spacial score (nSPS) is 10.5. The van der Waals surface area contributed by atoms with Gasteiger partial charge in [0.25, 0.3) is 0 Å². The van der Waals surface area contributed by atoms with Crippen molar-refractivity contribution < 1.29 is 14.7 Å². The van der Waals surface area contributed by atoms with Gasteiger partial charge in [0.1, 0.15) is 5.75 Å². The SMILES string of the molecule is CCN(CC(N)=O)CC(=O)c1ccc(O)cc1. The number of likely N-dealkylation sites (N-methyl/N-ethyl adjacent to an activating group) is 1. The minimum atomic E-state index is -0.453. The third-order valence-electron chi connectivity index (χ3n) is 2.38. The van der Waals surface area contributed by atoms with Crippen molar-refractivity contribution in [3.8, 4) is 5.75 Å². The van der Waals surface area contributed by atoms with Crippen LogP contribution < -0.4 is 5.73 Å². The van der Waals surface area contributed by atoms with Crippen molar-refractivity contribution in [1.82, 2.24) is 4.90 Å². The molecule has 0 aromatic heterocycles. The van der Waals surface area contributed by atoms with Gasteiger partial charge in [0, 0.05) is 5.56 Å². The van der Waals surface area contributed by atoms with E-state index in [9.17, 15) is 9.59 Å². The fourth-order valence-corrected chi connectivity index (χ4v) is 1.44. The van der Waals surface area contributed by atoms with Crippen LogP contribution in [0.4, 0.5) is 0 Å². The molecule has 1 amide bonds. The molecule has 0 saturated heterocycles. The van der Waals surface area contributed by atoms with E-state index in [1.165, 1.54) is 12.1 Å². The lowest BCUT2D eigenvalue weighted by Gasteiger charge is -2.17. The van der Waals surface area contributed by atoms with E-state index in [1.807, 2.05) is 6.92 Å². The van der Waals surface area contributed by atoms with Gasteiger partial charge in [-0.25, -0.2) is 0 Å². The van der Waals surface area contributed by atoms with Gasteiger partial charge in [-0.1, -0.05) is 6.92 Å². The molecule has 0 unspecified atom stereocenters. The van der Waals surface area contributed by atoms with Crippen molar-refractivity contribution in [3.05, 3.63) is 29.8 Å². The zero-order valence-corrected chi connectivity index (χ0v) is 9.72. The number of Topliss-reactive ketones (excluding diaryl/α,β-unsaturated/α-hetero) is 1. The van der Waals surface area contributed by atoms with Gasteiger partial charge in [0.2, 0.25) is 5.91 Å². The molecular formula is C12H16N2O3. The second kappa shape index (κ2) is 6.00. The van der Waals surface area contributed by atoms with Gasteiger partial charge in [0.05, 0.1) is 13.1 Å². The number of carbonyl (C=O) groups excluding carboxylic acids is 2. The molecular weight excluding hydrogens is 220 g/mol. The van der Waals surface area contributed by atoms with E-state index in [-0.39, 0.29) is 24.6 Å². The van der Waals surface area contributed by atoms with Crippen LogP contribution >= 0.6 is 0 Å². The second-order valence-electron chi connectivity index (χ2n) is 3.74. The summed E-state index contributed by atoms with van der Waals surface area (Å²) in [5.41, 5.74) is 5.58. The number of carbonyl (C=O) groups is 2. The third-order valence-corrected chi connectivity index (χ3v) is 2.38. The molecule has 17 heavy (non-hydrogen) atoms. The second-order valence-corrected chi connectivity index (χ2v) is 3.74. The lowest BCUT2D eigenvalue weighted by Crippen LogP contribution is -2.37. The van der Waals surface area contributed by atoms with Crippen LogP contribution in [0.2, 0.25) is 0 Å². The van der Waals surface area contributed by atoms with Gasteiger partial charge in [-0.05, 0) is 30.8 Å². The van der Waals surface area contributed by atoms with Gasteiger partial charge in [0.15, 0.2) is 5.78 Å². The molecule has 0 aliphatic rings. The summed E-state index contributed by atoms with van der Waals surface area (Å²) in [6, 6.07) is 6.01. The first-order chi connectivity index (χ1) is 8.02. The van der Waals surface area contributed by atoms with E-state index in [0.717, 1.165) is 0 Å². The summed E-state index contributed by atoms with van der Waals surface area (Å²) in [7, 11) is 0. The lowest BCUT2D eigenvalue weighted by molar-refractivity contribution is -0.118. The van der Waals surface area contributed by atoms with Gasteiger partial charge in [-0.3, -0.25) is 14.5 Å². The zero-order valence-electron chi connectivity index (χ0n) is 9.72. The Bertz CT molecular complexity index is 401. The predicted molar refractivity (Wildman–Crippen MR) is 63.7 cm³/mol. The van der Waals surface area contributed by atoms with Crippen LogP contribution in [-0.4, -0.2) is 41.3 Å². The first-order valence-electron chi connectivity index (χ1n) is 5.35. The van der Waals surface area contributed by atoms with Crippen LogP contribution in [0.5, 0.6) is 5.75 Å². The number of benzene rings is 1. The van der Waals surface area contributed by atoms with E-state index in [0.29, 0.717) is 12.1 Å². The number of hydrogen-bond donors (Lipinski definition) is 2. The quantitative estimate of drug-likeness (QED) is 0.699. The van der Waals surface area contributed by atoms with E-state index in [2.05, 4.69) is 0 Å². The largest absolute Gasteiger partial charge is 0.508 e. The molecule has 5 heteroatoms. The highest BCUT2D eigenvalue weighted by Gasteiger charge is 2.12. The maximum atomic E-state index is 11.8. The highest BCUT2D eigenvalue weighted by atomic mass is 16.3. The Kier molecular flexibility index (Phi) is 4.66. The summed E-state index contributed by atoms with van der Waals surface area (Å²) in [5.74, 6) is -0.440. The van der Waals surface area contributed by atoms with Crippen molar-refractivity contribution in [1.29, 1.82) is 0 Å². The van der Waals surface area contributed by atoms with Gasteiger partial charge in [-0.15, -0.1) is 0 Å². The molecule has 92 valence electrons. The molecule has 0 saturated carbocycles. The molecule has 0 atom stereocenters. The molecule has 0 fully saturated rings. The summed E-state index contributed by atoms with van der Waals surface area (Å²) >= 11 is 0. The number of hydrogen-bond acceptors (Lipinski definition) is 4. The molecule has 1 rings (SSSR count). The van der Waals surface area contributed by atoms with Crippen LogP contribution in [0.3, 0.4) is 0 Å². The van der Waals surface area contributed by atoms with Gasteiger partial charge >= 0.3 is 0 Å². The molecule has 0 radical (unpaired) electrons. The Morgan fingerprint density at radius 3 is 2.29 bits per heavy atom. The number of amides is 1. The molecule has 5 nitrogen and oxygen atoms in total. The first-order valence-corrected chi connectivity index (χ1v) is 5.35. The summed E-state index contributed by atoms with van der Waals surface area (Å²) < 4.78 is 0. The Morgan fingerprint density at radius 2 is 1.82 bits per heavy atom. The number of nitrogens with two attached hydrogens (primary N) is 1. The fourth-order valence-electron chi connectivity index (χ4n) is 1.44. The minimum absolute atomic E-state index is 0.0698. The number of phenolic OH excluding ortho intramolecular Hbond substituents is 1. The van der Waals surface area contributed by atoms with Crippen LogP contribution in [0.15, 0.2) is 24.3 Å². The number of rotatable bonds is 6. The Labute approximate surface area is 99.8 Å². The van der Waals surface area contributed by atoms with Crippen LogP contribution in [-0.2, 0) is 4.79 Å². The van der Waals surface area contributed by atoms with Crippen LogP contribution in [0, 0.1) is 0 Å². The van der Waals surface area contributed by atoms with E-state index in [1.54, 1.807) is 17.0 Å². The fraction of sp³-hybridized carbons (Fsp3) is 0.333. The standard InChI is InChI=1S/C12H16N2O3/c1-2-14(8-12(13)17)7-11(16)9-3-5-10(15)6-4-9/h3-6,15H,2,7-8H2,1H3,(H2,13,17). The van der Waals surface area contributed by atoms with Gasteiger partial charge < -0.3 is 10.8 Å². The van der Waals surface area contributed by atoms with Crippen molar-refractivity contribution >= 4 is 11.7 Å². The molecule has 0 aliphatic heterocycles. The average molecular weight is 236 g/mol. The van der Waals surface area contributed by atoms with Crippen molar-refractivity contribution in [2.45, 2.75) is 6.92 Å². The average Bonchev–Trinajstić information content (AvgIpc) is 2.28. The zero-order chi connectivity index (χ0) is 12.8. The molecule has 0 heterocycles.